The standard InChI is InChI=1S/C14H18BrF2NO/c1-3-14(4-2,8-15)9-18-13(19)10-5-11(16)7-12(17)6-10/h5-7H,3-4,8-9H2,1-2H3,(H,18,19). The predicted molar refractivity (Wildman–Crippen MR) is 75.5 cm³/mol. The average Bonchev–Trinajstić information content (AvgIpc) is 2.39. The smallest absolute Gasteiger partial charge is 0.251 e. The van der Waals surface area contributed by atoms with Crippen molar-refractivity contribution in [1.82, 2.24) is 5.32 Å². The number of hydrogen-bond donors (Lipinski definition) is 1. The third-order valence-corrected chi connectivity index (χ3v) is 4.72. The van der Waals surface area contributed by atoms with Crippen LogP contribution in [0.3, 0.4) is 0 Å². The van der Waals surface area contributed by atoms with E-state index in [4.69, 9.17) is 0 Å². The monoisotopic (exact) mass is 333 g/mol. The van der Waals surface area contributed by atoms with Crippen LogP contribution < -0.4 is 5.32 Å². The lowest BCUT2D eigenvalue weighted by molar-refractivity contribution is 0.0931. The molecule has 0 radical (unpaired) electrons. The first kappa shape index (κ1) is 16.1. The highest BCUT2D eigenvalue weighted by molar-refractivity contribution is 9.09. The first-order chi connectivity index (χ1) is 8.96. The molecule has 5 heteroatoms. The van der Waals surface area contributed by atoms with Gasteiger partial charge in [0.1, 0.15) is 11.6 Å². The normalized spacial score (nSPS) is 11.4. The minimum atomic E-state index is -0.747. The third-order valence-electron chi connectivity index (χ3n) is 3.53. The number of amides is 1. The molecular weight excluding hydrogens is 316 g/mol. The first-order valence-corrected chi connectivity index (χ1v) is 7.38. The van der Waals surface area contributed by atoms with Crippen molar-refractivity contribution < 1.29 is 13.6 Å². The summed E-state index contributed by atoms with van der Waals surface area (Å²) < 4.78 is 26.1. The van der Waals surface area contributed by atoms with E-state index < -0.39 is 17.5 Å². The van der Waals surface area contributed by atoms with Crippen molar-refractivity contribution >= 4 is 21.8 Å². The van der Waals surface area contributed by atoms with Gasteiger partial charge in [0, 0.05) is 23.5 Å². The molecule has 106 valence electrons. The summed E-state index contributed by atoms with van der Waals surface area (Å²) in [5, 5.41) is 3.51. The number of carbonyl (C=O) groups is 1. The Balaban J connectivity index is 2.74. The van der Waals surface area contributed by atoms with Crippen molar-refractivity contribution in [1.29, 1.82) is 0 Å². The molecule has 0 atom stereocenters. The lowest BCUT2D eigenvalue weighted by Crippen LogP contribution is -2.38. The van der Waals surface area contributed by atoms with Crippen molar-refractivity contribution in [2.45, 2.75) is 26.7 Å². The molecule has 1 amide bonds. The largest absolute Gasteiger partial charge is 0.351 e. The summed E-state index contributed by atoms with van der Waals surface area (Å²) in [6, 6.07) is 2.82. The van der Waals surface area contributed by atoms with E-state index in [0.717, 1.165) is 36.4 Å². The van der Waals surface area contributed by atoms with Crippen LogP contribution in [0.15, 0.2) is 18.2 Å². The molecule has 0 aliphatic carbocycles. The Bertz CT molecular complexity index is 419. The zero-order valence-electron chi connectivity index (χ0n) is 11.1. The minimum absolute atomic E-state index is 0.00757. The van der Waals surface area contributed by atoms with Gasteiger partial charge in [0.05, 0.1) is 0 Å². The van der Waals surface area contributed by atoms with Crippen LogP contribution in [0.5, 0.6) is 0 Å². The molecule has 1 aromatic rings. The third kappa shape index (κ3) is 4.27. The van der Waals surface area contributed by atoms with Gasteiger partial charge in [-0.05, 0) is 30.4 Å². The molecular formula is C14H18BrF2NO. The van der Waals surface area contributed by atoms with Gasteiger partial charge in [0.2, 0.25) is 0 Å². The maximum Gasteiger partial charge on any atom is 0.251 e. The molecule has 0 saturated heterocycles. The van der Waals surface area contributed by atoms with Crippen LogP contribution >= 0.6 is 15.9 Å². The Morgan fingerprint density at radius 1 is 1.21 bits per heavy atom. The summed E-state index contributed by atoms with van der Waals surface area (Å²) in [5.41, 5.74) is -0.0187. The number of benzene rings is 1. The van der Waals surface area contributed by atoms with Gasteiger partial charge < -0.3 is 5.32 Å². The highest BCUT2D eigenvalue weighted by Crippen LogP contribution is 2.27. The van der Waals surface area contributed by atoms with Crippen LogP contribution in [0.2, 0.25) is 0 Å². The second-order valence-electron chi connectivity index (χ2n) is 4.68. The number of carbonyl (C=O) groups excluding carboxylic acids is 1. The summed E-state index contributed by atoms with van der Waals surface area (Å²) in [6.45, 7) is 4.58. The van der Waals surface area contributed by atoms with Gasteiger partial charge in [-0.2, -0.15) is 0 Å². The SMILES string of the molecule is CCC(CC)(CBr)CNC(=O)c1cc(F)cc(F)c1. The highest BCUT2D eigenvalue weighted by Gasteiger charge is 2.25. The van der Waals surface area contributed by atoms with Crippen LogP contribution in [-0.2, 0) is 0 Å². The maximum atomic E-state index is 13.0. The molecule has 1 N–H and O–H groups in total. The van der Waals surface area contributed by atoms with E-state index in [2.05, 4.69) is 35.1 Å². The molecule has 0 saturated carbocycles. The summed E-state index contributed by atoms with van der Waals surface area (Å²) in [4.78, 5) is 11.9. The Morgan fingerprint density at radius 2 is 1.74 bits per heavy atom. The van der Waals surface area contributed by atoms with Crippen molar-refractivity contribution in [3.8, 4) is 0 Å². The molecule has 0 heterocycles. The fourth-order valence-electron chi connectivity index (χ4n) is 1.79. The zero-order valence-corrected chi connectivity index (χ0v) is 12.7. The van der Waals surface area contributed by atoms with Crippen LogP contribution in [0.1, 0.15) is 37.0 Å². The molecule has 0 aliphatic heterocycles. The molecule has 0 bridgehead atoms. The van der Waals surface area contributed by atoms with E-state index in [1.54, 1.807) is 0 Å². The van der Waals surface area contributed by atoms with E-state index in [0.29, 0.717) is 6.54 Å². The molecule has 19 heavy (non-hydrogen) atoms. The number of hydrogen-bond acceptors (Lipinski definition) is 1. The van der Waals surface area contributed by atoms with Crippen LogP contribution in [0.4, 0.5) is 8.78 Å². The molecule has 1 aromatic carbocycles. The van der Waals surface area contributed by atoms with Crippen molar-refractivity contribution in [2.24, 2.45) is 5.41 Å². The van der Waals surface area contributed by atoms with E-state index in [1.807, 2.05) is 0 Å². The second kappa shape index (κ2) is 6.98. The number of rotatable bonds is 6. The quantitative estimate of drug-likeness (QED) is 0.786. The number of nitrogens with one attached hydrogen (secondary N) is 1. The highest BCUT2D eigenvalue weighted by atomic mass is 79.9. The van der Waals surface area contributed by atoms with Crippen LogP contribution in [0, 0.1) is 17.0 Å². The molecule has 0 fully saturated rings. The van der Waals surface area contributed by atoms with Gasteiger partial charge in [0.15, 0.2) is 0 Å². The van der Waals surface area contributed by atoms with E-state index in [-0.39, 0.29) is 11.0 Å². The van der Waals surface area contributed by atoms with Crippen molar-refractivity contribution in [3.63, 3.8) is 0 Å². The minimum Gasteiger partial charge on any atom is -0.351 e. The van der Waals surface area contributed by atoms with Gasteiger partial charge in [-0.3, -0.25) is 4.79 Å². The van der Waals surface area contributed by atoms with Crippen molar-refractivity contribution in [2.75, 3.05) is 11.9 Å². The Kier molecular flexibility index (Phi) is 5.91. The Hall–Kier alpha value is -0.970. The lowest BCUT2D eigenvalue weighted by atomic mass is 9.84. The Morgan fingerprint density at radius 3 is 2.16 bits per heavy atom. The topological polar surface area (TPSA) is 29.1 Å². The van der Waals surface area contributed by atoms with Gasteiger partial charge >= 0.3 is 0 Å². The summed E-state index contributed by atoms with van der Waals surface area (Å²) in [6.07, 6.45) is 1.82. The van der Waals surface area contributed by atoms with E-state index >= 15 is 0 Å². The first-order valence-electron chi connectivity index (χ1n) is 6.26. The fourth-order valence-corrected chi connectivity index (χ4v) is 2.78. The molecule has 0 aliphatic rings. The summed E-state index contributed by atoms with van der Waals surface area (Å²) in [5.74, 6) is -1.95. The maximum absolute atomic E-state index is 13.0. The van der Waals surface area contributed by atoms with Gasteiger partial charge in [-0.15, -0.1) is 0 Å². The average molecular weight is 334 g/mol. The zero-order chi connectivity index (χ0) is 14.5. The Labute approximate surface area is 120 Å². The predicted octanol–water partition coefficient (Wildman–Crippen LogP) is 3.90. The lowest BCUT2D eigenvalue weighted by Gasteiger charge is -2.29. The second-order valence-corrected chi connectivity index (χ2v) is 5.24. The molecule has 0 unspecified atom stereocenters. The summed E-state index contributed by atoms with van der Waals surface area (Å²) in [7, 11) is 0. The van der Waals surface area contributed by atoms with Crippen molar-refractivity contribution in [3.05, 3.63) is 35.4 Å². The fraction of sp³-hybridized carbons (Fsp3) is 0.500. The van der Waals surface area contributed by atoms with Crippen LogP contribution in [0.25, 0.3) is 0 Å². The molecule has 0 spiro atoms. The molecule has 2 nitrogen and oxygen atoms in total. The van der Waals surface area contributed by atoms with Crippen LogP contribution in [-0.4, -0.2) is 17.8 Å². The molecule has 0 aromatic heterocycles. The van der Waals surface area contributed by atoms with Gasteiger partial charge in [-0.25, -0.2) is 8.78 Å². The van der Waals surface area contributed by atoms with E-state index in [1.165, 1.54) is 0 Å². The van der Waals surface area contributed by atoms with E-state index in [9.17, 15) is 13.6 Å². The molecule has 1 rings (SSSR count). The summed E-state index contributed by atoms with van der Waals surface area (Å²) >= 11 is 3.45. The number of halogens is 3. The van der Waals surface area contributed by atoms with Gasteiger partial charge in [0.25, 0.3) is 5.91 Å². The van der Waals surface area contributed by atoms with Gasteiger partial charge in [-0.1, -0.05) is 29.8 Å². The number of alkyl halides is 1.